The van der Waals surface area contributed by atoms with E-state index in [1.54, 1.807) is 11.1 Å². The zero-order valence-electron chi connectivity index (χ0n) is 10.2. The van der Waals surface area contributed by atoms with Crippen LogP contribution in [-0.2, 0) is 9.53 Å². The molecule has 1 aliphatic heterocycles. The fourth-order valence-corrected chi connectivity index (χ4v) is 1.75. The molecule has 0 fully saturated rings. The largest absolute Gasteiger partial charge is 0.420 e. The van der Waals surface area contributed by atoms with Crippen LogP contribution in [-0.4, -0.2) is 25.0 Å². The zero-order chi connectivity index (χ0) is 13.1. The third-order valence-electron chi connectivity index (χ3n) is 2.45. The summed E-state index contributed by atoms with van der Waals surface area (Å²) in [6, 6.07) is 11.2. The van der Waals surface area contributed by atoms with Gasteiger partial charge in [-0.2, -0.15) is 5.26 Å². The summed E-state index contributed by atoms with van der Waals surface area (Å²) in [5.74, 6) is -0.183. The molecule has 0 unspecified atom stereocenters. The lowest BCUT2D eigenvalue weighted by Crippen LogP contribution is -2.04. The van der Waals surface area contributed by atoms with Crippen LogP contribution in [0, 0.1) is 11.3 Å². The molecule has 0 saturated heterocycles. The number of carbonyl (C=O) groups is 1. The molecule has 4 nitrogen and oxygen atoms in total. The fraction of sp³-hybridized carbons (Fsp3) is 0.143. The van der Waals surface area contributed by atoms with Gasteiger partial charge >= 0.3 is 5.97 Å². The first-order valence-electron chi connectivity index (χ1n) is 5.44. The number of nitriles is 1. The van der Waals surface area contributed by atoms with E-state index in [1.807, 2.05) is 50.5 Å². The third kappa shape index (κ3) is 2.11. The molecule has 1 aromatic rings. The minimum atomic E-state index is -0.593. The number of hydrogen-bond donors (Lipinski definition) is 0. The van der Waals surface area contributed by atoms with E-state index >= 15 is 0 Å². The number of ether oxygens (including phenoxy) is 1. The standard InChI is InChI=1S/C14H12N2O2/c1-16(2)9-12-13(10-6-4-3-5-7-10)11(8-15)14(17)18-12/h3-7,9H,1-2H3. The summed E-state index contributed by atoms with van der Waals surface area (Å²) < 4.78 is 5.13. The molecule has 2 rings (SSSR count). The van der Waals surface area contributed by atoms with Crippen molar-refractivity contribution in [3.63, 3.8) is 0 Å². The Hall–Kier alpha value is -2.54. The van der Waals surface area contributed by atoms with Crippen LogP contribution in [0.3, 0.4) is 0 Å². The van der Waals surface area contributed by atoms with Gasteiger partial charge in [-0.3, -0.25) is 0 Å². The fourth-order valence-electron chi connectivity index (χ4n) is 1.75. The predicted molar refractivity (Wildman–Crippen MR) is 66.8 cm³/mol. The Balaban J connectivity index is 2.60. The van der Waals surface area contributed by atoms with E-state index in [4.69, 9.17) is 10.00 Å². The average molecular weight is 240 g/mol. The van der Waals surface area contributed by atoms with Crippen molar-refractivity contribution in [3.05, 3.63) is 53.4 Å². The molecule has 0 spiro atoms. The second-order valence-electron chi connectivity index (χ2n) is 4.07. The van der Waals surface area contributed by atoms with Gasteiger partial charge in [0.2, 0.25) is 0 Å². The van der Waals surface area contributed by atoms with Gasteiger partial charge in [0.25, 0.3) is 0 Å². The summed E-state index contributed by atoms with van der Waals surface area (Å²) in [6.07, 6.45) is 1.69. The molecular weight excluding hydrogens is 228 g/mol. The predicted octanol–water partition coefficient (Wildman–Crippen LogP) is 1.92. The van der Waals surface area contributed by atoms with E-state index in [-0.39, 0.29) is 5.57 Å². The second-order valence-corrected chi connectivity index (χ2v) is 4.07. The summed E-state index contributed by atoms with van der Waals surface area (Å²) in [5.41, 5.74) is 1.40. The Labute approximate surface area is 105 Å². The Kier molecular flexibility index (Phi) is 3.16. The van der Waals surface area contributed by atoms with Crippen molar-refractivity contribution in [2.75, 3.05) is 14.1 Å². The number of esters is 1. The summed E-state index contributed by atoms with van der Waals surface area (Å²) in [6.45, 7) is 0. The number of cyclic esters (lactones) is 1. The molecule has 4 heteroatoms. The highest BCUT2D eigenvalue weighted by Gasteiger charge is 2.31. The summed E-state index contributed by atoms with van der Waals surface area (Å²) in [4.78, 5) is 13.4. The van der Waals surface area contributed by atoms with Crippen LogP contribution in [0.5, 0.6) is 0 Å². The van der Waals surface area contributed by atoms with Gasteiger partial charge in [-0.25, -0.2) is 4.79 Å². The zero-order valence-corrected chi connectivity index (χ0v) is 10.2. The summed E-state index contributed by atoms with van der Waals surface area (Å²) in [7, 11) is 3.65. The molecule has 0 saturated carbocycles. The van der Waals surface area contributed by atoms with Gasteiger partial charge in [-0.15, -0.1) is 0 Å². The SMILES string of the molecule is CN(C)C=C1OC(=O)C(C#N)=C1c1ccccc1. The minimum Gasteiger partial charge on any atom is -0.420 e. The number of allylic oxidation sites excluding steroid dienone is 1. The van der Waals surface area contributed by atoms with Gasteiger partial charge in [-0.05, 0) is 5.56 Å². The molecule has 0 amide bonds. The maximum absolute atomic E-state index is 11.6. The molecule has 1 heterocycles. The number of nitrogens with zero attached hydrogens (tertiary/aromatic N) is 2. The molecule has 0 N–H and O–H groups in total. The smallest absolute Gasteiger partial charge is 0.355 e. The van der Waals surface area contributed by atoms with Crippen LogP contribution in [0.2, 0.25) is 0 Å². The molecule has 0 aliphatic carbocycles. The van der Waals surface area contributed by atoms with E-state index in [2.05, 4.69) is 0 Å². The maximum atomic E-state index is 11.6. The van der Waals surface area contributed by atoms with Crippen LogP contribution in [0.15, 0.2) is 47.9 Å². The minimum absolute atomic E-state index is 0.0503. The van der Waals surface area contributed by atoms with E-state index in [0.29, 0.717) is 11.3 Å². The molecule has 0 aromatic heterocycles. The number of benzene rings is 1. The topological polar surface area (TPSA) is 53.3 Å². The molecular formula is C14H12N2O2. The highest BCUT2D eigenvalue weighted by Crippen LogP contribution is 2.34. The van der Waals surface area contributed by atoms with Crippen molar-refractivity contribution < 1.29 is 9.53 Å². The lowest BCUT2D eigenvalue weighted by Gasteiger charge is -2.09. The number of hydrogen-bond acceptors (Lipinski definition) is 4. The number of carbonyl (C=O) groups excluding carboxylic acids is 1. The molecule has 1 aromatic carbocycles. The van der Waals surface area contributed by atoms with Gasteiger partial charge in [-0.1, -0.05) is 30.3 Å². The van der Waals surface area contributed by atoms with E-state index in [0.717, 1.165) is 5.56 Å². The van der Waals surface area contributed by atoms with Gasteiger partial charge < -0.3 is 9.64 Å². The highest BCUT2D eigenvalue weighted by molar-refractivity contribution is 6.10. The van der Waals surface area contributed by atoms with Crippen molar-refractivity contribution in [2.45, 2.75) is 0 Å². The van der Waals surface area contributed by atoms with Crippen LogP contribution in [0.4, 0.5) is 0 Å². The first-order chi connectivity index (χ1) is 8.63. The lowest BCUT2D eigenvalue weighted by atomic mass is 10.0. The lowest BCUT2D eigenvalue weighted by molar-refractivity contribution is -0.132. The Morgan fingerprint density at radius 3 is 2.50 bits per heavy atom. The summed E-state index contributed by atoms with van der Waals surface area (Å²) in [5, 5.41) is 9.07. The highest BCUT2D eigenvalue weighted by atomic mass is 16.5. The van der Waals surface area contributed by atoms with Crippen LogP contribution in [0.25, 0.3) is 5.57 Å². The van der Waals surface area contributed by atoms with Crippen molar-refractivity contribution in [1.29, 1.82) is 5.26 Å². The van der Waals surface area contributed by atoms with Gasteiger partial charge in [0.05, 0.1) is 5.57 Å². The van der Waals surface area contributed by atoms with E-state index < -0.39 is 5.97 Å². The molecule has 18 heavy (non-hydrogen) atoms. The maximum Gasteiger partial charge on any atom is 0.355 e. The number of rotatable bonds is 2. The van der Waals surface area contributed by atoms with Crippen molar-refractivity contribution in [2.24, 2.45) is 0 Å². The monoisotopic (exact) mass is 240 g/mol. The first-order valence-corrected chi connectivity index (χ1v) is 5.44. The summed E-state index contributed by atoms with van der Waals surface area (Å²) >= 11 is 0. The molecule has 0 bridgehead atoms. The van der Waals surface area contributed by atoms with E-state index in [1.165, 1.54) is 0 Å². The molecule has 0 atom stereocenters. The molecule has 0 radical (unpaired) electrons. The molecule has 90 valence electrons. The van der Waals surface area contributed by atoms with Gasteiger partial charge in [0.1, 0.15) is 11.6 Å². The molecule has 1 aliphatic rings. The van der Waals surface area contributed by atoms with E-state index in [9.17, 15) is 4.79 Å². The van der Waals surface area contributed by atoms with Crippen molar-refractivity contribution >= 4 is 11.5 Å². The quantitative estimate of drug-likeness (QED) is 0.741. The Bertz CT molecular complexity index is 578. The van der Waals surface area contributed by atoms with Crippen molar-refractivity contribution in [1.82, 2.24) is 4.90 Å². The normalized spacial score (nSPS) is 16.7. The van der Waals surface area contributed by atoms with Crippen LogP contribution >= 0.6 is 0 Å². The third-order valence-corrected chi connectivity index (χ3v) is 2.45. The van der Waals surface area contributed by atoms with Gasteiger partial charge in [0.15, 0.2) is 5.76 Å². The Morgan fingerprint density at radius 1 is 1.28 bits per heavy atom. The van der Waals surface area contributed by atoms with Gasteiger partial charge in [0, 0.05) is 20.3 Å². The Morgan fingerprint density at radius 2 is 1.94 bits per heavy atom. The second kappa shape index (κ2) is 4.76. The van der Waals surface area contributed by atoms with Crippen LogP contribution in [0.1, 0.15) is 5.56 Å². The average Bonchev–Trinajstić information content (AvgIpc) is 2.65. The van der Waals surface area contributed by atoms with Crippen LogP contribution < -0.4 is 0 Å². The van der Waals surface area contributed by atoms with Crippen molar-refractivity contribution in [3.8, 4) is 6.07 Å². The first kappa shape index (κ1) is 11.9.